The summed E-state index contributed by atoms with van der Waals surface area (Å²) < 4.78 is 32.0. The smallest absolute Gasteiger partial charge is 0.408 e. The van der Waals surface area contributed by atoms with Crippen molar-refractivity contribution in [2.75, 3.05) is 19.0 Å². The minimum absolute atomic E-state index is 0.00263. The summed E-state index contributed by atoms with van der Waals surface area (Å²) in [6, 6.07) is 5.32. The number of ether oxygens (including phenoxy) is 3. The molecule has 1 aromatic carbocycles. The molecule has 3 unspecified atom stereocenters. The van der Waals surface area contributed by atoms with Gasteiger partial charge in [0.15, 0.2) is 5.13 Å². The van der Waals surface area contributed by atoms with Gasteiger partial charge in [0.2, 0.25) is 19.2 Å². The number of carbonyl (C=O) groups excluding carboxylic acids is 3. The lowest BCUT2D eigenvalue weighted by atomic mass is 9.85. The number of methoxy groups -OCH3 is 1. The Morgan fingerprint density at radius 2 is 1.84 bits per heavy atom. The van der Waals surface area contributed by atoms with E-state index in [0.29, 0.717) is 40.2 Å². The van der Waals surface area contributed by atoms with E-state index in [1.807, 2.05) is 71.2 Å². The summed E-state index contributed by atoms with van der Waals surface area (Å²) >= 11 is 1.47. The van der Waals surface area contributed by atoms with Crippen LogP contribution in [0.1, 0.15) is 93.4 Å². The van der Waals surface area contributed by atoms with Crippen LogP contribution in [0.15, 0.2) is 42.3 Å². The zero-order valence-electron chi connectivity index (χ0n) is 34.9. The molecule has 3 fully saturated rings. The van der Waals surface area contributed by atoms with E-state index >= 15 is 0 Å². The maximum absolute atomic E-state index is 14.8. The maximum atomic E-state index is 14.8. The van der Waals surface area contributed by atoms with Gasteiger partial charge >= 0.3 is 6.09 Å². The van der Waals surface area contributed by atoms with E-state index in [1.165, 1.54) is 16.2 Å². The molecule has 3 heterocycles. The number of carbonyl (C=O) groups is 3. The fourth-order valence-electron chi connectivity index (χ4n) is 8.00. The summed E-state index contributed by atoms with van der Waals surface area (Å²) in [5.74, 6) is -0.385. The fraction of sp³-hybridized carbons (Fsp3) is 0.595. The number of alkyl carbamates (subject to hydrolysis) is 1. The monoisotopic (exact) mass is 838 g/mol. The zero-order chi connectivity index (χ0) is 42.2. The van der Waals surface area contributed by atoms with Crippen molar-refractivity contribution in [2.45, 2.75) is 135 Å². The van der Waals surface area contributed by atoms with Gasteiger partial charge in [0.05, 0.1) is 24.9 Å². The average Bonchev–Trinajstić information content (AvgIpc) is 3.58. The van der Waals surface area contributed by atoms with Gasteiger partial charge < -0.3 is 40.0 Å². The van der Waals surface area contributed by atoms with E-state index in [1.54, 1.807) is 20.1 Å². The van der Waals surface area contributed by atoms with Crippen LogP contribution in [-0.4, -0.2) is 92.6 Å². The Morgan fingerprint density at radius 3 is 2.47 bits per heavy atom. The van der Waals surface area contributed by atoms with Gasteiger partial charge in [-0.15, -0.1) is 17.9 Å². The van der Waals surface area contributed by atoms with Crippen LogP contribution in [0, 0.1) is 11.3 Å². The summed E-state index contributed by atoms with van der Waals surface area (Å²) in [5, 5.41) is 11.1. The third kappa shape index (κ3) is 9.01. The SMILES string of the molecule is C=C[C@@H]1C[C@]1(NC(=O)[C@@H]1C[C@@H](Oc2cc(-c3csc(NC(C)C)n3)nc3cc(OC)ccc23)CN1C(=O)C(NC(=O)OC1CCCC1)C(C)(C)C)P(=O)(O)C(C)CC. The van der Waals surface area contributed by atoms with Gasteiger partial charge in [-0.2, -0.15) is 0 Å². The first-order valence-electron chi connectivity index (χ1n) is 20.3. The lowest BCUT2D eigenvalue weighted by Gasteiger charge is -2.36. The van der Waals surface area contributed by atoms with Crippen molar-refractivity contribution in [3.8, 4) is 22.9 Å². The van der Waals surface area contributed by atoms with Crippen molar-refractivity contribution in [1.29, 1.82) is 0 Å². The molecule has 2 saturated carbocycles. The molecule has 16 heteroatoms. The number of pyridine rings is 1. The highest BCUT2D eigenvalue weighted by Gasteiger charge is 2.67. The molecule has 7 atom stereocenters. The van der Waals surface area contributed by atoms with Crippen molar-refractivity contribution in [3.05, 3.63) is 42.3 Å². The molecule has 316 valence electrons. The van der Waals surface area contributed by atoms with Gasteiger partial charge in [-0.3, -0.25) is 14.2 Å². The summed E-state index contributed by atoms with van der Waals surface area (Å²) in [7, 11) is -2.37. The number of anilines is 1. The Morgan fingerprint density at radius 1 is 1.12 bits per heavy atom. The quantitative estimate of drug-likeness (QED) is 0.0870. The van der Waals surface area contributed by atoms with Crippen LogP contribution in [0.3, 0.4) is 0 Å². The molecule has 2 aliphatic carbocycles. The number of thiazole rings is 1. The highest BCUT2D eigenvalue weighted by molar-refractivity contribution is 7.60. The number of nitrogens with zero attached hydrogens (tertiary/aromatic N) is 3. The second-order valence-electron chi connectivity index (χ2n) is 17.3. The predicted molar refractivity (Wildman–Crippen MR) is 227 cm³/mol. The second kappa shape index (κ2) is 17.2. The minimum atomic E-state index is -3.95. The van der Waals surface area contributed by atoms with Gasteiger partial charge in [-0.25, -0.2) is 14.8 Å². The van der Waals surface area contributed by atoms with E-state index in [-0.39, 0.29) is 31.5 Å². The van der Waals surface area contributed by atoms with Crippen LogP contribution in [0.2, 0.25) is 0 Å². The van der Waals surface area contributed by atoms with Gasteiger partial charge in [-0.1, -0.05) is 40.7 Å². The van der Waals surface area contributed by atoms with Crippen LogP contribution in [0.4, 0.5) is 9.93 Å². The summed E-state index contributed by atoms with van der Waals surface area (Å²) in [4.78, 5) is 65.2. The summed E-state index contributed by atoms with van der Waals surface area (Å²) in [6.45, 7) is 17.0. The number of rotatable bonds is 15. The highest BCUT2D eigenvalue weighted by atomic mass is 32.1. The molecule has 1 aliphatic heterocycles. The van der Waals surface area contributed by atoms with Crippen molar-refractivity contribution in [2.24, 2.45) is 11.3 Å². The number of likely N-dealkylation sites (tertiary alicyclic amines) is 1. The van der Waals surface area contributed by atoms with Crippen LogP contribution in [0.25, 0.3) is 22.3 Å². The second-order valence-corrected chi connectivity index (χ2v) is 21.1. The van der Waals surface area contributed by atoms with Gasteiger partial charge in [0.1, 0.15) is 46.8 Å². The molecule has 3 aromatic rings. The minimum Gasteiger partial charge on any atom is -0.497 e. The number of fused-ring (bicyclic) bond motifs is 1. The fourth-order valence-corrected chi connectivity index (χ4v) is 11.4. The van der Waals surface area contributed by atoms with Gasteiger partial charge in [0.25, 0.3) is 0 Å². The van der Waals surface area contributed by atoms with Crippen molar-refractivity contribution in [1.82, 2.24) is 25.5 Å². The molecule has 2 aromatic heterocycles. The molecule has 14 nitrogen and oxygen atoms in total. The number of amides is 3. The largest absolute Gasteiger partial charge is 0.497 e. The first-order valence-corrected chi connectivity index (χ1v) is 22.9. The van der Waals surface area contributed by atoms with Crippen molar-refractivity contribution < 1.29 is 38.1 Å². The Balaban J connectivity index is 1.35. The molecule has 0 radical (unpaired) electrons. The lowest BCUT2D eigenvalue weighted by molar-refractivity contribution is -0.142. The van der Waals surface area contributed by atoms with Crippen LogP contribution >= 0.6 is 18.7 Å². The number of hydrogen-bond acceptors (Lipinski definition) is 11. The van der Waals surface area contributed by atoms with Crippen LogP contribution in [0.5, 0.6) is 11.5 Å². The standard InChI is InChI=1S/C42H59N6O8PS/c1-10-25(5)57(52,53)42(21-26(42)11-2)47-37(49)34-19-29(22-48(34)38(50)36(41(6,7)8)46-40(51)56-27-14-12-13-15-27)55-35-20-32(33-23-58-39(45-33)43-24(3)4)44-31-18-28(54-9)16-17-30(31)35/h11,16-18,20,23-27,29,34,36H,2,10,12-15,19,21-22H2,1,3-9H3,(H,43,45)(H,46,51)(H,47,49)(H,52,53)/t25?,26-,29-,34+,36?,42+/m1/s1. The molecule has 0 spiro atoms. The van der Waals surface area contributed by atoms with Crippen molar-refractivity contribution >= 4 is 52.6 Å². The number of benzene rings is 1. The Bertz CT molecular complexity index is 2060. The van der Waals surface area contributed by atoms with E-state index in [0.717, 1.165) is 30.8 Å². The van der Waals surface area contributed by atoms with E-state index in [4.69, 9.17) is 24.2 Å². The summed E-state index contributed by atoms with van der Waals surface area (Å²) in [6.07, 6.45) is 4.27. The molecular formula is C42H59N6O8PS. The molecule has 6 rings (SSSR count). The van der Waals surface area contributed by atoms with Crippen LogP contribution in [-0.2, 0) is 18.9 Å². The molecular weight excluding hydrogens is 780 g/mol. The topological polar surface area (TPSA) is 181 Å². The number of aromatic nitrogens is 2. The third-order valence-corrected chi connectivity index (χ3v) is 15.7. The van der Waals surface area contributed by atoms with Crippen molar-refractivity contribution in [3.63, 3.8) is 0 Å². The third-order valence-electron chi connectivity index (χ3n) is 11.6. The Labute approximate surface area is 345 Å². The van der Waals surface area contributed by atoms with Gasteiger partial charge in [0, 0.05) is 46.9 Å². The maximum Gasteiger partial charge on any atom is 0.408 e. The predicted octanol–water partition coefficient (Wildman–Crippen LogP) is 7.71. The molecule has 0 bridgehead atoms. The average molecular weight is 839 g/mol. The Hall–Kier alpha value is -4.20. The molecule has 58 heavy (non-hydrogen) atoms. The van der Waals surface area contributed by atoms with Crippen LogP contribution < -0.4 is 25.4 Å². The summed E-state index contributed by atoms with van der Waals surface area (Å²) in [5.41, 5.74) is 0.468. The lowest BCUT2D eigenvalue weighted by Crippen LogP contribution is -2.58. The number of hydrogen-bond donors (Lipinski definition) is 4. The molecule has 3 amide bonds. The first kappa shape index (κ1) is 43.4. The van der Waals surface area contributed by atoms with E-state index in [2.05, 4.69) is 22.5 Å². The normalized spacial score (nSPS) is 24.2. The first-order chi connectivity index (χ1) is 27.4. The molecule has 1 saturated heterocycles. The van der Waals surface area contributed by atoms with E-state index in [9.17, 15) is 23.8 Å². The Kier molecular flexibility index (Phi) is 12.9. The van der Waals surface area contributed by atoms with Gasteiger partial charge in [-0.05, 0) is 69.9 Å². The molecule has 4 N–H and O–H groups in total. The van der Waals surface area contributed by atoms with E-state index < -0.39 is 65.7 Å². The number of nitrogens with one attached hydrogen (secondary N) is 3. The zero-order valence-corrected chi connectivity index (χ0v) is 36.6. The molecule has 3 aliphatic rings. The highest BCUT2D eigenvalue weighted by Crippen LogP contribution is 2.72.